The summed E-state index contributed by atoms with van der Waals surface area (Å²) in [5.74, 6) is -0.227. The molecule has 0 aliphatic rings. The number of halogens is 1. The van der Waals surface area contributed by atoms with Gasteiger partial charge in [-0.15, -0.1) is 12.4 Å². The predicted octanol–water partition coefficient (Wildman–Crippen LogP) is 3.83. The summed E-state index contributed by atoms with van der Waals surface area (Å²) < 4.78 is 38.9. The number of carbonyl (C=O) groups is 1. The number of hydrogen-bond donors (Lipinski definition) is 0. The lowest BCUT2D eigenvalue weighted by atomic mass is 10.1. The van der Waals surface area contributed by atoms with Gasteiger partial charge >= 0.3 is 0 Å². The molecular weight excluding hydrogens is 548 g/mol. The van der Waals surface area contributed by atoms with Crippen molar-refractivity contribution in [2.45, 2.75) is 18.7 Å². The van der Waals surface area contributed by atoms with E-state index in [9.17, 15) is 13.2 Å². The van der Waals surface area contributed by atoms with Crippen molar-refractivity contribution in [3.8, 4) is 0 Å². The van der Waals surface area contributed by atoms with Gasteiger partial charge < -0.3 is 14.4 Å². The van der Waals surface area contributed by atoms with Crippen LogP contribution in [0.25, 0.3) is 10.2 Å². The molecule has 0 N–H and O–H groups in total. The van der Waals surface area contributed by atoms with Crippen LogP contribution in [-0.4, -0.2) is 96.2 Å². The number of aromatic nitrogens is 1. The molecule has 0 saturated carbocycles. The van der Waals surface area contributed by atoms with Gasteiger partial charge in [-0.05, 0) is 69.4 Å². The van der Waals surface area contributed by atoms with E-state index in [-0.39, 0.29) is 49.5 Å². The summed E-state index contributed by atoms with van der Waals surface area (Å²) >= 11 is 1.48. The summed E-state index contributed by atoms with van der Waals surface area (Å²) in [4.78, 5) is 22.2. The van der Waals surface area contributed by atoms with E-state index in [2.05, 4.69) is 12.1 Å². The highest BCUT2D eigenvalue weighted by Crippen LogP contribution is 2.32. The highest BCUT2D eigenvalue weighted by molar-refractivity contribution is 7.89. The molecule has 2 aromatic carbocycles. The van der Waals surface area contributed by atoms with Gasteiger partial charge in [-0.1, -0.05) is 17.4 Å². The Hall–Kier alpha value is -2.12. The molecule has 0 radical (unpaired) electrons. The Bertz CT molecular complexity index is 1310. The van der Waals surface area contributed by atoms with Crippen LogP contribution < -0.4 is 4.90 Å². The van der Waals surface area contributed by atoms with Crippen LogP contribution in [0.15, 0.2) is 41.3 Å². The van der Waals surface area contributed by atoms with E-state index in [4.69, 9.17) is 14.5 Å². The van der Waals surface area contributed by atoms with Gasteiger partial charge in [-0.3, -0.25) is 9.69 Å². The zero-order valence-electron chi connectivity index (χ0n) is 22.8. The summed E-state index contributed by atoms with van der Waals surface area (Å²) in [5.41, 5.74) is 3.50. The van der Waals surface area contributed by atoms with Crippen LogP contribution in [-0.2, 0) is 19.5 Å². The molecule has 1 heterocycles. The van der Waals surface area contributed by atoms with Gasteiger partial charge in [0.1, 0.15) is 0 Å². The molecule has 0 aliphatic carbocycles. The topological polar surface area (TPSA) is 92.3 Å². The fourth-order valence-corrected chi connectivity index (χ4v) is 6.45. The predicted molar refractivity (Wildman–Crippen MR) is 156 cm³/mol. The van der Waals surface area contributed by atoms with Gasteiger partial charge in [0, 0.05) is 46.0 Å². The monoisotopic (exact) mass is 584 g/mol. The number of sulfonamides is 1. The van der Waals surface area contributed by atoms with Crippen molar-refractivity contribution in [3.63, 3.8) is 0 Å². The molecule has 38 heavy (non-hydrogen) atoms. The van der Waals surface area contributed by atoms with Crippen molar-refractivity contribution >= 4 is 55.0 Å². The standard InChI is InChI=1S/C26H36N4O5S2.ClH/c1-19-17-20(2)24-23(18-19)36-26(27-24)30(12-11-28(3)4)25(31)21-7-9-22(10-8-21)37(32,33)29(13-15-34-5)14-16-35-6;/h7-10,17-18H,11-16H2,1-6H3;1H. The Kier molecular flexibility index (Phi) is 12.1. The molecule has 210 valence electrons. The molecular formula is C26H37ClN4O5S2. The van der Waals surface area contributed by atoms with Crippen molar-refractivity contribution in [2.24, 2.45) is 0 Å². The van der Waals surface area contributed by atoms with E-state index in [0.29, 0.717) is 23.8 Å². The maximum atomic E-state index is 13.6. The van der Waals surface area contributed by atoms with E-state index in [1.54, 1.807) is 17.0 Å². The fraction of sp³-hybridized carbons (Fsp3) is 0.462. The third-order valence-corrected chi connectivity index (χ3v) is 8.83. The Labute approximate surface area is 235 Å². The molecule has 9 nitrogen and oxygen atoms in total. The summed E-state index contributed by atoms with van der Waals surface area (Å²) in [6.45, 7) is 6.11. The van der Waals surface area contributed by atoms with Gasteiger partial charge in [-0.25, -0.2) is 13.4 Å². The second-order valence-corrected chi connectivity index (χ2v) is 12.0. The van der Waals surface area contributed by atoms with Gasteiger partial charge in [0.2, 0.25) is 10.0 Å². The number of hydrogen-bond acceptors (Lipinski definition) is 8. The largest absolute Gasteiger partial charge is 0.383 e. The van der Waals surface area contributed by atoms with Crippen molar-refractivity contribution < 1.29 is 22.7 Å². The number of ether oxygens (including phenoxy) is 2. The summed E-state index contributed by atoms with van der Waals surface area (Å²) in [5, 5.41) is 0.623. The number of benzene rings is 2. The van der Waals surface area contributed by atoms with Crippen LogP contribution in [0.1, 0.15) is 21.5 Å². The van der Waals surface area contributed by atoms with Crippen molar-refractivity contribution in [1.29, 1.82) is 0 Å². The summed E-state index contributed by atoms with van der Waals surface area (Å²) in [6.07, 6.45) is 0. The zero-order chi connectivity index (χ0) is 27.2. The maximum absolute atomic E-state index is 13.6. The lowest BCUT2D eigenvalue weighted by Crippen LogP contribution is -2.37. The quantitative estimate of drug-likeness (QED) is 0.301. The molecule has 12 heteroatoms. The SMILES string of the molecule is COCCN(CCOC)S(=O)(=O)c1ccc(C(=O)N(CCN(C)C)c2nc3c(C)cc(C)cc3s2)cc1.Cl. The molecule has 0 atom stereocenters. The number of carbonyl (C=O) groups excluding carboxylic acids is 1. The summed E-state index contributed by atoms with van der Waals surface area (Å²) in [6, 6.07) is 10.2. The molecule has 3 rings (SSSR count). The first-order valence-corrected chi connectivity index (χ1v) is 14.3. The number of methoxy groups -OCH3 is 2. The fourth-order valence-electron chi connectivity index (χ4n) is 3.87. The molecule has 0 saturated heterocycles. The Morgan fingerprint density at radius 3 is 2.11 bits per heavy atom. The van der Waals surface area contributed by atoms with Crippen LogP contribution in [0.5, 0.6) is 0 Å². The smallest absolute Gasteiger partial charge is 0.260 e. The number of thiazole rings is 1. The number of nitrogens with zero attached hydrogens (tertiary/aromatic N) is 4. The first-order valence-electron chi connectivity index (χ1n) is 12.0. The van der Waals surface area contributed by atoms with Gasteiger partial charge in [-0.2, -0.15) is 4.31 Å². The van der Waals surface area contributed by atoms with Crippen LogP contribution >= 0.6 is 23.7 Å². The zero-order valence-corrected chi connectivity index (χ0v) is 25.2. The highest BCUT2D eigenvalue weighted by atomic mass is 35.5. The van der Waals surface area contributed by atoms with Crippen LogP contribution in [0.4, 0.5) is 5.13 Å². The number of aryl methyl sites for hydroxylation is 2. The van der Waals surface area contributed by atoms with Crippen LogP contribution in [0, 0.1) is 13.8 Å². The minimum absolute atomic E-state index is 0. The van der Waals surface area contributed by atoms with Crippen molar-refractivity contribution in [2.75, 3.05) is 72.6 Å². The number of likely N-dealkylation sites (N-methyl/N-ethyl adjacent to an activating group) is 1. The van der Waals surface area contributed by atoms with Crippen molar-refractivity contribution in [3.05, 3.63) is 53.1 Å². The lowest BCUT2D eigenvalue weighted by molar-refractivity contribution is 0.0985. The Morgan fingerprint density at radius 2 is 1.55 bits per heavy atom. The number of fused-ring (bicyclic) bond motifs is 1. The molecule has 0 fully saturated rings. The lowest BCUT2D eigenvalue weighted by Gasteiger charge is -2.23. The van der Waals surface area contributed by atoms with Crippen LogP contribution in [0.3, 0.4) is 0 Å². The van der Waals surface area contributed by atoms with E-state index in [0.717, 1.165) is 21.3 Å². The summed E-state index contributed by atoms with van der Waals surface area (Å²) in [7, 11) is 3.18. The van der Waals surface area contributed by atoms with E-state index in [1.165, 1.54) is 42.0 Å². The van der Waals surface area contributed by atoms with E-state index >= 15 is 0 Å². The van der Waals surface area contributed by atoms with Crippen LogP contribution in [0.2, 0.25) is 0 Å². The Morgan fingerprint density at radius 1 is 0.947 bits per heavy atom. The minimum Gasteiger partial charge on any atom is -0.383 e. The molecule has 0 spiro atoms. The average molecular weight is 585 g/mol. The third-order valence-electron chi connectivity index (χ3n) is 5.89. The first-order chi connectivity index (χ1) is 17.6. The molecule has 1 aromatic heterocycles. The average Bonchev–Trinajstić information content (AvgIpc) is 3.28. The number of rotatable bonds is 13. The van der Waals surface area contributed by atoms with Gasteiger partial charge in [0.05, 0.1) is 28.3 Å². The number of anilines is 1. The molecule has 1 amide bonds. The highest BCUT2D eigenvalue weighted by Gasteiger charge is 2.26. The normalized spacial score (nSPS) is 11.8. The second-order valence-electron chi connectivity index (χ2n) is 9.10. The Balaban J connectivity index is 0.00000507. The van der Waals surface area contributed by atoms with E-state index in [1.807, 2.05) is 32.8 Å². The van der Waals surface area contributed by atoms with Gasteiger partial charge in [0.25, 0.3) is 5.91 Å². The van der Waals surface area contributed by atoms with Gasteiger partial charge in [0.15, 0.2) is 5.13 Å². The maximum Gasteiger partial charge on any atom is 0.260 e. The third kappa shape index (κ3) is 7.72. The van der Waals surface area contributed by atoms with E-state index < -0.39 is 10.0 Å². The molecule has 0 unspecified atom stereocenters. The molecule has 0 aliphatic heterocycles. The molecule has 3 aromatic rings. The minimum atomic E-state index is -3.78. The molecule has 0 bridgehead atoms. The second kappa shape index (κ2) is 14.3. The first kappa shape index (κ1) is 32.1. The van der Waals surface area contributed by atoms with Crippen molar-refractivity contribution in [1.82, 2.24) is 14.2 Å². The number of amides is 1.